The highest BCUT2D eigenvalue weighted by Gasteiger charge is 2.52. The smallest absolute Gasteiger partial charge is 0.325 e. The number of benzene rings is 2. The molecular weight excluding hydrogens is 458 g/mol. The van der Waals surface area contributed by atoms with E-state index in [9.17, 15) is 14.4 Å². The maximum atomic E-state index is 13.2. The summed E-state index contributed by atoms with van der Waals surface area (Å²) in [5.74, 6) is 0.252. The summed E-state index contributed by atoms with van der Waals surface area (Å²) in [5, 5.41) is 10.5. The lowest BCUT2D eigenvalue weighted by Gasteiger charge is -2.20. The predicted molar refractivity (Wildman–Crippen MR) is 134 cm³/mol. The van der Waals surface area contributed by atoms with Crippen LogP contribution >= 0.6 is 0 Å². The number of nitrogens with one attached hydrogen (secondary N) is 2. The van der Waals surface area contributed by atoms with Crippen LogP contribution in [0.25, 0.3) is 16.9 Å². The molecule has 9 nitrogen and oxygen atoms in total. The summed E-state index contributed by atoms with van der Waals surface area (Å²) in [4.78, 5) is 39.7. The summed E-state index contributed by atoms with van der Waals surface area (Å²) in [6.07, 6.45) is 5.46. The van der Waals surface area contributed by atoms with Gasteiger partial charge in [-0.25, -0.2) is 9.48 Å². The van der Waals surface area contributed by atoms with Crippen LogP contribution in [0.1, 0.15) is 42.5 Å². The van der Waals surface area contributed by atoms with Gasteiger partial charge in [0.1, 0.15) is 17.0 Å². The molecule has 1 saturated heterocycles. The molecule has 1 saturated carbocycles. The molecule has 4 amide bonds. The van der Waals surface area contributed by atoms with Gasteiger partial charge in [0.05, 0.1) is 18.4 Å². The molecule has 0 radical (unpaired) electrons. The van der Waals surface area contributed by atoms with Crippen LogP contribution in [0.15, 0.2) is 60.8 Å². The van der Waals surface area contributed by atoms with E-state index in [0.717, 1.165) is 24.1 Å². The average Bonchev–Trinajstić information content (AvgIpc) is 3.62. The third kappa shape index (κ3) is 4.44. The van der Waals surface area contributed by atoms with E-state index in [1.165, 1.54) is 4.90 Å². The number of methoxy groups -OCH3 is 1. The van der Waals surface area contributed by atoms with E-state index in [2.05, 4.69) is 10.6 Å². The van der Waals surface area contributed by atoms with Gasteiger partial charge in [-0.2, -0.15) is 5.10 Å². The molecule has 0 bridgehead atoms. The summed E-state index contributed by atoms with van der Waals surface area (Å²) in [5.41, 5.74) is 1.84. The topological polar surface area (TPSA) is 106 Å². The van der Waals surface area contributed by atoms with Crippen molar-refractivity contribution in [2.75, 3.05) is 20.2 Å². The quantitative estimate of drug-likeness (QED) is 0.374. The number of aromatic nitrogens is 2. The zero-order valence-electron chi connectivity index (χ0n) is 20.2. The third-order valence-electron chi connectivity index (χ3n) is 6.87. The predicted octanol–water partition coefficient (Wildman–Crippen LogP) is 3.53. The molecule has 1 spiro atoms. The second-order valence-electron chi connectivity index (χ2n) is 9.19. The maximum Gasteiger partial charge on any atom is 0.325 e. The monoisotopic (exact) mass is 487 g/mol. The van der Waals surface area contributed by atoms with Crippen LogP contribution in [-0.2, 0) is 4.79 Å². The lowest BCUT2D eigenvalue weighted by molar-refractivity contribution is -0.131. The first-order chi connectivity index (χ1) is 17.5. The van der Waals surface area contributed by atoms with E-state index in [0.29, 0.717) is 42.8 Å². The van der Waals surface area contributed by atoms with Crippen LogP contribution in [0.5, 0.6) is 5.75 Å². The fourth-order valence-corrected chi connectivity index (χ4v) is 4.97. The van der Waals surface area contributed by atoms with Crippen LogP contribution in [-0.4, -0.2) is 58.3 Å². The fraction of sp³-hybridized carbons (Fsp3) is 0.333. The zero-order valence-corrected chi connectivity index (χ0v) is 20.2. The Morgan fingerprint density at radius 3 is 2.64 bits per heavy atom. The van der Waals surface area contributed by atoms with E-state index < -0.39 is 5.54 Å². The molecule has 5 rings (SSSR count). The molecule has 2 heterocycles. The first-order valence-electron chi connectivity index (χ1n) is 12.2. The van der Waals surface area contributed by atoms with E-state index in [-0.39, 0.29) is 24.4 Å². The standard InChI is InChI=1S/C27H29N5O4/c1-36-21-12-7-9-19(17-21)23-22(18-32(30-23)20-10-3-2-4-11-20)24(33)28-15-8-16-31-25(34)27(29-26(31)35)13-5-6-14-27/h2-4,7,9-12,17-18H,5-6,8,13-16H2,1H3,(H,28,33)(H,29,35). The third-order valence-corrected chi connectivity index (χ3v) is 6.87. The Balaban J connectivity index is 1.29. The van der Waals surface area contributed by atoms with Gasteiger partial charge < -0.3 is 15.4 Å². The van der Waals surface area contributed by atoms with E-state index in [1.807, 2.05) is 54.6 Å². The Kier molecular flexibility index (Phi) is 6.45. The highest BCUT2D eigenvalue weighted by atomic mass is 16.5. The molecule has 9 heteroatoms. The van der Waals surface area contributed by atoms with Gasteiger partial charge in [0.25, 0.3) is 11.8 Å². The van der Waals surface area contributed by atoms with Crippen molar-refractivity contribution < 1.29 is 19.1 Å². The first-order valence-corrected chi connectivity index (χ1v) is 12.2. The Morgan fingerprint density at radius 2 is 1.89 bits per heavy atom. The Bertz CT molecular complexity index is 1280. The van der Waals surface area contributed by atoms with Crippen LogP contribution < -0.4 is 15.4 Å². The van der Waals surface area contributed by atoms with Gasteiger partial charge in [0.15, 0.2) is 0 Å². The van der Waals surface area contributed by atoms with Crippen molar-refractivity contribution >= 4 is 17.8 Å². The average molecular weight is 488 g/mol. The molecule has 1 aromatic heterocycles. The van der Waals surface area contributed by atoms with Crippen molar-refractivity contribution in [1.82, 2.24) is 25.3 Å². The summed E-state index contributed by atoms with van der Waals surface area (Å²) in [6.45, 7) is 0.579. The SMILES string of the molecule is COc1cccc(-c2nn(-c3ccccc3)cc2C(=O)NCCCN2C(=O)NC3(CCCC3)C2=O)c1. The van der Waals surface area contributed by atoms with Crippen LogP contribution in [0, 0.1) is 0 Å². The number of hydrogen-bond donors (Lipinski definition) is 2. The van der Waals surface area contributed by atoms with Crippen molar-refractivity contribution in [1.29, 1.82) is 0 Å². The molecule has 0 atom stereocenters. The number of urea groups is 1. The summed E-state index contributed by atoms with van der Waals surface area (Å²) >= 11 is 0. The van der Waals surface area contributed by atoms with Crippen LogP contribution in [0.3, 0.4) is 0 Å². The van der Waals surface area contributed by atoms with Crippen molar-refractivity contribution in [3.05, 3.63) is 66.4 Å². The minimum Gasteiger partial charge on any atom is -0.497 e. The summed E-state index contributed by atoms with van der Waals surface area (Å²) in [7, 11) is 1.59. The van der Waals surface area contributed by atoms with E-state index in [4.69, 9.17) is 9.84 Å². The molecular formula is C27H29N5O4. The highest BCUT2D eigenvalue weighted by Crippen LogP contribution is 2.35. The van der Waals surface area contributed by atoms with Gasteiger partial charge in [-0.3, -0.25) is 14.5 Å². The molecule has 2 N–H and O–H groups in total. The maximum absolute atomic E-state index is 13.2. The molecule has 0 unspecified atom stereocenters. The van der Waals surface area contributed by atoms with E-state index >= 15 is 0 Å². The number of amides is 4. The number of imide groups is 1. The molecule has 1 aliphatic heterocycles. The van der Waals surface area contributed by atoms with Crippen molar-refractivity contribution in [2.45, 2.75) is 37.6 Å². The van der Waals surface area contributed by atoms with E-state index in [1.54, 1.807) is 18.0 Å². The van der Waals surface area contributed by atoms with Gasteiger partial charge in [0.2, 0.25) is 0 Å². The fourth-order valence-electron chi connectivity index (χ4n) is 4.97. The van der Waals surface area contributed by atoms with Gasteiger partial charge >= 0.3 is 6.03 Å². The van der Waals surface area contributed by atoms with Crippen LogP contribution in [0.2, 0.25) is 0 Å². The molecule has 3 aromatic rings. The number of nitrogens with zero attached hydrogens (tertiary/aromatic N) is 3. The molecule has 2 aromatic carbocycles. The highest BCUT2D eigenvalue weighted by molar-refractivity contribution is 6.07. The van der Waals surface area contributed by atoms with Crippen LogP contribution in [0.4, 0.5) is 4.79 Å². The number of carbonyl (C=O) groups is 3. The Labute approximate surface area is 209 Å². The number of ether oxygens (including phenoxy) is 1. The first kappa shape index (κ1) is 23.6. The number of para-hydroxylation sites is 1. The normalized spacial score (nSPS) is 16.4. The number of rotatable bonds is 8. The molecule has 2 aliphatic rings. The minimum absolute atomic E-state index is 0.138. The van der Waals surface area contributed by atoms with Gasteiger partial charge in [0, 0.05) is 24.8 Å². The van der Waals surface area contributed by atoms with Gasteiger partial charge in [-0.1, -0.05) is 43.2 Å². The molecule has 186 valence electrons. The number of hydrogen-bond acceptors (Lipinski definition) is 5. The molecule has 36 heavy (non-hydrogen) atoms. The Hall–Kier alpha value is -4.14. The summed E-state index contributed by atoms with van der Waals surface area (Å²) in [6, 6.07) is 16.6. The molecule has 1 aliphatic carbocycles. The molecule has 2 fully saturated rings. The second-order valence-corrected chi connectivity index (χ2v) is 9.19. The van der Waals surface area contributed by atoms with Gasteiger partial charge in [-0.15, -0.1) is 0 Å². The van der Waals surface area contributed by atoms with Crippen molar-refractivity contribution in [2.24, 2.45) is 0 Å². The van der Waals surface area contributed by atoms with Crippen molar-refractivity contribution in [3.8, 4) is 22.7 Å². The zero-order chi connectivity index (χ0) is 25.1. The minimum atomic E-state index is -0.710. The largest absolute Gasteiger partial charge is 0.497 e. The van der Waals surface area contributed by atoms with Gasteiger partial charge in [-0.05, 0) is 43.5 Å². The second kappa shape index (κ2) is 9.85. The lowest BCUT2D eigenvalue weighted by atomic mass is 9.98. The lowest BCUT2D eigenvalue weighted by Crippen LogP contribution is -2.44. The number of carbonyl (C=O) groups excluding carboxylic acids is 3. The summed E-state index contributed by atoms with van der Waals surface area (Å²) < 4.78 is 7.03. The Morgan fingerprint density at radius 1 is 1.11 bits per heavy atom. The van der Waals surface area contributed by atoms with Crippen molar-refractivity contribution in [3.63, 3.8) is 0 Å².